The molecule has 7 nitrogen and oxygen atoms in total. The highest BCUT2D eigenvalue weighted by Gasteiger charge is 2.27. The molecule has 0 aliphatic carbocycles. The van der Waals surface area contributed by atoms with Crippen molar-refractivity contribution < 1.29 is 14.6 Å². The number of aromatic amines is 1. The maximum absolute atomic E-state index is 12.0. The van der Waals surface area contributed by atoms with Gasteiger partial charge >= 0.3 is 5.69 Å². The largest absolute Gasteiger partial charge is 0.394 e. The van der Waals surface area contributed by atoms with Gasteiger partial charge in [-0.2, -0.15) is 0 Å². The van der Waals surface area contributed by atoms with Crippen molar-refractivity contribution in [2.45, 2.75) is 38.4 Å². The molecule has 1 aromatic heterocycles. The van der Waals surface area contributed by atoms with Crippen LogP contribution < -0.4 is 11.2 Å². The van der Waals surface area contributed by atoms with E-state index in [2.05, 4.69) is 4.98 Å². The van der Waals surface area contributed by atoms with E-state index in [-0.39, 0.29) is 19.3 Å². The van der Waals surface area contributed by atoms with Gasteiger partial charge in [-0.15, -0.1) is 0 Å². The number of H-pyrrole nitrogens is 1. The molecule has 2 atom stereocenters. The Morgan fingerprint density at radius 2 is 2.00 bits per heavy atom. The van der Waals surface area contributed by atoms with Crippen LogP contribution >= 0.6 is 0 Å². The first-order valence-electron chi connectivity index (χ1n) is 7.89. The van der Waals surface area contributed by atoms with Gasteiger partial charge in [-0.25, -0.2) is 4.79 Å². The number of hydrogen-bond acceptors (Lipinski definition) is 5. The quantitative estimate of drug-likeness (QED) is 0.820. The third-order valence-corrected chi connectivity index (χ3v) is 4.01. The Kier molecular flexibility index (Phi) is 5.24. The second-order valence-electron chi connectivity index (χ2n) is 5.77. The van der Waals surface area contributed by atoms with Crippen LogP contribution in [0.2, 0.25) is 0 Å². The number of benzene rings is 1. The van der Waals surface area contributed by atoms with Crippen LogP contribution in [0.3, 0.4) is 0 Å². The zero-order chi connectivity index (χ0) is 16.9. The minimum Gasteiger partial charge on any atom is -0.394 e. The van der Waals surface area contributed by atoms with Gasteiger partial charge in [-0.05, 0) is 18.4 Å². The summed E-state index contributed by atoms with van der Waals surface area (Å²) in [6.45, 7) is 0.397. The van der Waals surface area contributed by atoms with Gasteiger partial charge in [0.15, 0.2) is 0 Å². The van der Waals surface area contributed by atoms with Crippen molar-refractivity contribution in [1.82, 2.24) is 9.55 Å². The van der Waals surface area contributed by atoms with Crippen molar-refractivity contribution in [1.29, 1.82) is 0 Å². The SMILES string of the molecule is O=c1[nH]c(=O)n([C@H]2CC[C@@H](CO)O2)cc1COCc1ccccc1. The van der Waals surface area contributed by atoms with Crippen LogP contribution in [-0.4, -0.2) is 27.4 Å². The van der Waals surface area contributed by atoms with E-state index < -0.39 is 17.5 Å². The molecule has 1 fully saturated rings. The molecule has 1 aromatic carbocycles. The molecule has 1 aliphatic rings. The summed E-state index contributed by atoms with van der Waals surface area (Å²) < 4.78 is 12.5. The molecule has 1 saturated heterocycles. The number of ether oxygens (including phenoxy) is 2. The highest BCUT2D eigenvalue weighted by atomic mass is 16.5. The zero-order valence-corrected chi connectivity index (χ0v) is 13.2. The fourth-order valence-corrected chi connectivity index (χ4v) is 2.72. The molecule has 1 aliphatic heterocycles. The Labute approximate surface area is 138 Å². The lowest BCUT2D eigenvalue weighted by Crippen LogP contribution is -2.34. The minimum atomic E-state index is -0.518. The summed E-state index contributed by atoms with van der Waals surface area (Å²) in [5.74, 6) is 0. The first-order chi connectivity index (χ1) is 11.7. The van der Waals surface area contributed by atoms with Gasteiger partial charge in [0.05, 0.1) is 31.5 Å². The van der Waals surface area contributed by atoms with E-state index >= 15 is 0 Å². The molecule has 3 rings (SSSR count). The van der Waals surface area contributed by atoms with Crippen molar-refractivity contribution in [3.63, 3.8) is 0 Å². The molecule has 7 heteroatoms. The molecular formula is C17H20N2O5. The highest BCUT2D eigenvalue weighted by Crippen LogP contribution is 2.26. The number of aromatic nitrogens is 2. The molecular weight excluding hydrogens is 312 g/mol. The van der Waals surface area contributed by atoms with E-state index in [1.54, 1.807) is 0 Å². The molecule has 0 unspecified atom stereocenters. The van der Waals surface area contributed by atoms with E-state index in [9.17, 15) is 9.59 Å². The summed E-state index contributed by atoms with van der Waals surface area (Å²) in [5, 5.41) is 9.13. The smallest absolute Gasteiger partial charge is 0.330 e. The number of rotatable bonds is 6. The van der Waals surface area contributed by atoms with Gasteiger partial charge in [0.25, 0.3) is 5.56 Å². The lowest BCUT2D eigenvalue weighted by atomic mass is 10.2. The Bertz CT molecular complexity index is 784. The van der Waals surface area contributed by atoms with E-state index in [4.69, 9.17) is 14.6 Å². The Hall–Kier alpha value is -2.22. The predicted molar refractivity (Wildman–Crippen MR) is 86.5 cm³/mol. The van der Waals surface area contributed by atoms with Crippen LogP contribution in [0, 0.1) is 0 Å². The van der Waals surface area contributed by atoms with Crippen molar-refractivity contribution in [3.8, 4) is 0 Å². The number of aliphatic hydroxyl groups excluding tert-OH is 1. The third kappa shape index (κ3) is 3.81. The van der Waals surface area contributed by atoms with E-state index in [1.165, 1.54) is 10.8 Å². The van der Waals surface area contributed by atoms with Gasteiger partial charge in [0.1, 0.15) is 6.23 Å². The fourth-order valence-electron chi connectivity index (χ4n) is 2.72. The molecule has 0 saturated carbocycles. The summed E-state index contributed by atoms with van der Waals surface area (Å²) in [6.07, 6.45) is 2.02. The zero-order valence-electron chi connectivity index (χ0n) is 13.2. The molecule has 2 aromatic rings. The number of nitrogens with zero attached hydrogens (tertiary/aromatic N) is 1. The van der Waals surface area contributed by atoms with E-state index in [0.717, 1.165) is 5.56 Å². The van der Waals surface area contributed by atoms with Gasteiger partial charge in [0.2, 0.25) is 0 Å². The molecule has 0 radical (unpaired) electrons. The number of hydrogen-bond donors (Lipinski definition) is 2. The average Bonchev–Trinajstić information content (AvgIpc) is 3.06. The maximum atomic E-state index is 12.0. The monoisotopic (exact) mass is 332 g/mol. The Morgan fingerprint density at radius 1 is 1.21 bits per heavy atom. The van der Waals surface area contributed by atoms with Crippen LogP contribution in [0.25, 0.3) is 0 Å². The highest BCUT2D eigenvalue weighted by molar-refractivity contribution is 5.13. The van der Waals surface area contributed by atoms with Crippen molar-refractivity contribution >= 4 is 0 Å². The first kappa shape index (κ1) is 16.6. The lowest BCUT2D eigenvalue weighted by molar-refractivity contribution is -0.0250. The molecule has 2 N–H and O–H groups in total. The summed E-state index contributed by atoms with van der Waals surface area (Å²) in [6, 6.07) is 9.63. The topological polar surface area (TPSA) is 93.6 Å². The van der Waals surface area contributed by atoms with Crippen molar-refractivity contribution in [3.05, 3.63) is 68.5 Å². The van der Waals surface area contributed by atoms with Gasteiger partial charge in [0, 0.05) is 6.20 Å². The Balaban J connectivity index is 1.70. The molecule has 0 bridgehead atoms. The Morgan fingerprint density at radius 3 is 2.71 bits per heavy atom. The van der Waals surface area contributed by atoms with Crippen molar-refractivity contribution in [2.24, 2.45) is 0 Å². The lowest BCUT2D eigenvalue weighted by Gasteiger charge is -2.15. The number of nitrogens with one attached hydrogen (secondary N) is 1. The second kappa shape index (κ2) is 7.57. The van der Waals surface area contributed by atoms with E-state index in [0.29, 0.717) is 25.0 Å². The van der Waals surface area contributed by atoms with Crippen LogP contribution in [-0.2, 0) is 22.7 Å². The van der Waals surface area contributed by atoms with Gasteiger partial charge in [-0.3, -0.25) is 14.3 Å². The number of aliphatic hydroxyl groups is 1. The average molecular weight is 332 g/mol. The summed E-state index contributed by atoms with van der Waals surface area (Å²) in [5.41, 5.74) is 0.394. The second-order valence-corrected chi connectivity index (χ2v) is 5.77. The molecule has 0 amide bonds. The molecule has 0 spiro atoms. The maximum Gasteiger partial charge on any atom is 0.330 e. The van der Waals surface area contributed by atoms with Crippen LogP contribution in [0.15, 0.2) is 46.1 Å². The molecule has 2 heterocycles. The minimum absolute atomic E-state index is 0.0817. The van der Waals surface area contributed by atoms with Crippen molar-refractivity contribution in [2.75, 3.05) is 6.61 Å². The normalized spacial score (nSPS) is 20.4. The summed E-state index contributed by atoms with van der Waals surface area (Å²) in [4.78, 5) is 26.2. The fraction of sp³-hybridized carbons (Fsp3) is 0.412. The summed E-state index contributed by atoms with van der Waals surface area (Å²) in [7, 11) is 0. The standard InChI is InChI=1S/C17H20N2O5/c20-9-14-6-7-15(24-14)19-8-13(16(21)18-17(19)22)11-23-10-12-4-2-1-3-5-12/h1-5,8,14-15,20H,6-7,9-11H2,(H,18,21,22)/t14-,15+/m0/s1. The predicted octanol–water partition coefficient (Wildman–Crippen LogP) is 0.923. The van der Waals surface area contributed by atoms with Gasteiger partial charge in [-0.1, -0.05) is 30.3 Å². The van der Waals surface area contributed by atoms with E-state index in [1.807, 2.05) is 30.3 Å². The first-order valence-corrected chi connectivity index (χ1v) is 7.89. The molecule has 24 heavy (non-hydrogen) atoms. The third-order valence-electron chi connectivity index (χ3n) is 4.01. The van der Waals surface area contributed by atoms with Gasteiger partial charge < -0.3 is 14.6 Å². The van der Waals surface area contributed by atoms with Crippen LogP contribution in [0.4, 0.5) is 0 Å². The van der Waals surface area contributed by atoms with Crippen LogP contribution in [0.1, 0.15) is 30.2 Å². The summed E-state index contributed by atoms with van der Waals surface area (Å²) >= 11 is 0. The van der Waals surface area contributed by atoms with Crippen LogP contribution in [0.5, 0.6) is 0 Å². The molecule has 128 valence electrons.